The summed E-state index contributed by atoms with van der Waals surface area (Å²) in [6, 6.07) is 22.3. The molecule has 1 aliphatic rings. The fourth-order valence-corrected chi connectivity index (χ4v) is 13.9. The number of hydrogen-bond donors (Lipinski definition) is 1. The summed E-state index contributed by atoms with van der Waals surface area (Å²) in [5.41, 5.74) is 3.77. The van der Waals surface area contributed by atoms with Crippen molar-refractivity contribution in [3.63, 3.8) is 0 Å². The number of allylic oxidation sites excluding steroid dienone is 2. The van der Waals surface area contributed by atoms with Crippen molar-refractivity contribution in [1.29, 1.82) is 0 Å². The molecule has 0 bridgehead atoms. The third-order valence-electron chi connectivity index (χ3n) is 12.0. The van der Waals surface area contributed by atoms with Crippen molar-refractivity contribution in [2.75, 3.05) is 0 Å². The van der Waals surface area contributed by atoms with Gasteiger partial charge in [-0.15, -0.1) is 40.1 Å². The number of ketones is 1. The summed E-state index contributed by atoms with van der Waals surface area (Å²) in [5, 5.41) is 18.7. The Hall–Kier alpha value is -2.42. The van der Waals surface area contributed by atoms with Crippen molar-refractivity contribution in [3.05, 3.63) is 78.2 Å². The number of aliphatic hydroxyl groups is 1. The molecule has 7 heteroatoms. The maximum atomic E-state index is 12.3. The average Bonchev–Trinajstić information content (AvgIpc) is 3.73. The molecule has 0 unspecified atom stereocenters. The molecule has 0 spiro atoms. The molecule has 3 aromatic carbocycles. The molecule has 1 aliphatic carbocycles. The van der Waals surface area contributed by atoms with E-state index in [0.717, 1.165) is 17.2 Å². The molecule has 0 amide bonds. The molecule has 2 heterocycles. The first-order valence-electron chi connectivity index (χ1n) is 21.4. The number of carbonyl (C=O) groups excluding carboxylic acids is 1. The van der Waals surface area contributed by atoms with Crippen LogP contribution in [-0.2, 0) is 31.3 Å². The molecule has 1 saturated carbocycles. The SMILES string of the molecule is CC(C)C(C(=O)/C=C(\O)C(C(C)C)C(C)C)C(C)C.C[Si](C)(C)c1cc(-c2ncc([Si](C)(C)C)c3c2sc2cc(CC4CCCC4)ccc23)[c-]c2ccccc12.[Ir]. The first kappa shape index (κ1) is 47.3. The van der Waals surface area contributed by atoms with Gasteiger partial charge < -0.3 is 5.11 Å². The van der Waals surface area contributed by atoms with Crippen molar-refractivity contribution in [1.82, 2.24) is 4.98 Å². The number of benzene rings is 3. The minimum atomic E-state index is -1.59. The summed E-state index contributed by atoms with van der Waals surface area (Å²) in [6.07, 6.45) is 10.5. The standard InChI is InChI=1S/C33H38NSSi2.C17H32O2.Ir/c1-36(2,3)29-20-25(19-24-13-9-10-14-26(24)29)32-33-31(30(21-34-32)37(4,5)6)27-16-15-23(18-28(27)35-33)17-22-11-7-8-12-22;1-10(2)16(11(3)4)14(18)9-15(19)17(12(5)6)13(7)8;/h9-10,13-16,18,20-22H,7-8,11-12,17H2,1-6H3;9-13,16-18H,1-8H3;/q-1;;/b;14-9-;. The Morgan fingerprint density at radius 1 is 0.807 bits per heavy atom. The molecule has 0 saturated heterocycles. The van der Waals surface area contributed by atoms with E-state index in [9.17, 15) is 9.90 Å². The van der Waals surface area contributed by atoms with Gasteiger partial charge in [0.2, 0.25) is 0 Å². The summed E-state index contributed by atoms with van der Waals surface area (Å²) < 4.78 is 2.77. The number of aromatic nitrogens is 1. The smallest absolute Gasteiger partial charge is 0.162 e. The van der Waals surface area contributed by atoms with Crippen LogP contribution in [0.2, 0.25) is 39.3 Å². The molecule has 1 N–H and O–H groups in total. The molecule has 6 rings (SSSR count). The molecule has 57 heavy (non-hydrogen) atoms. The minimum Gasteiger partial charge on any atom is -0.512 e. The van der Waals surface area contributed by atoms with Crippen LogP contribution in [0.25, 0.3) is 42.2 Å². The van der Waals surface area contributed by atoms with Gasteiger partial charge in [0.15, 0.2) is 5.78 Å². The predicted octanol–water partition coefficient (Wildman–Crippen LogP) is 13.7. The van der Waals surface area contributed by atoms with E-state index in [1.807, 2.05) is 11.3 Å². The van der Waals surface area contributed by atoms with E-state index in [1.165, 1.54) is 85.1 Å². The van der Waals surface area contributed by atoms with Crippen LogP contribution in [0.15, 0.2) is 66.6 Å². The van der Waals surface area contributed by atoms with Gasteiger partial charge in [0.1, 0.15) is 0 Å². The molecule has 311 valence electrons. The number of nitrogens with zero attached hydrogens (tertiary/aromatic N) is 1. The second kappa shape index (κ2) is 19.3. The van der Waals surface area contributed by atoms with Gasteiger partial charge in [0.05, 0.1) is 21.9 Å². The van der Waals surface area contributed by atoms with Crippen molar-refractivity contribution < 1.29 is 30.0 Å². The molecule has 2 aromatic heterocycles. The summed E-state index contributed by atoms with van der Waals surface area (Å²) in [6.45, 7) is 31.3. The molecular formula is C50H70IrNO2SSi2-. The molecule has 0 atom stereocenters. The maximum Gasteiger partial charge on any atom is 0.162 e. The van der Waals surface area contributed by atoms with E-state index >= 15 is 0 Å². The van der Waals surface area contributed by atoms with Gasteiger partial charge in [-0.25, -0.2) is 0 Å². The number of hydrogen-bond acceptors (Lipinski definition) is 4. The van der Waals surface area contributed by atoms with Crippen molar-refractivity contribution in [2.24, 2.45) is 41.4 Å². The number of carbonyl (C=O) groups is 1. The van der Waals surface area contributed by atoms with Crippen LogP contribution in [0, 0.1) is 47.5 Å². The first-order valence-corrected chi connectivity index (χ1v) is 29.3. The summed E-state index contributed by atoms with van der Waals surface area (Å²) in [7, 11) is -3.15. The largest absolute Gasteiger partial charge is 0.512 e. The zero-order valence-electron chi connectivity index (χ0n) is 37.4. The third kappa shape index (κ3) is 11.1. The summed E-state index contributed by atoms with van der Waals surface area (Å²) >= 11 is 1.96. The van der Waals surface area contributed by atoms with Gasteiger partial charge in [-0.3, -0.25) is 9.78 Å². The van der Waals surface area contributed by atoms with Gasteiger partial charge in [-0.1, -0.05) is 162 Å². The zero-order valence-corrected chi connectivity index (χ0v) is 42.6. The Morgan fingerprint density at radius 3 is 1.95 bits per heavy atom. The van der Waals surface area contributed by atoms with E-state index in [-0.39, 0.29) is 43.5 Å². The second-order valence-electron chi connectivity index (χ2n) is 20.2. The number of aliphatic hydroxyl groups excluding tert-OH is 1. The quantitative estimate of drug-likeness (QED) is 0.0586. The van der Waals surface area contributed by atoms with Gasteiger partial charge in [-0.05, 0) is 63.6 Å². The Balaban J connectivity index is 0.000000309. The number of thiophene rings is 1. The predicted molar refractivity (Wildman–Crippen MR) is 253 cm³/mol. The summed E-state index contributed by atoms with van der Waals surface area (Å²) in [5.74, 6) is 2.50. The van der Waals surface area contributed by atoms with Crippen LogP contribution in [0.4, 0.5) is 0 Å². The van der Waals surface area contributed by atoms with Crippen LogP contribution in [0.1, 0.15) is 86.6 Å². The zero-order chi connectivity index (χ0) is 41.3. The Bertz CT molecular complexity index is 2160. The van der Waals surface area contributed by atoms with Crippen molar-refractivity contribution >= 4 is 74.6 Å². The maximum absolute atomic E-state index is 12.3. The molecule has 1 radical (unpaired) electrons. The Labute approximate surface area is 364 Å². The monoisotopic (exact) mass is 997 g/mol. The molecule has 5 aromatic rings. The topological polar surface area (TPSA) is 50.2 Å². The van der Waals surface area contributed by atoms with Crippen LogP contribution in [-0.4, -0.2) is 32.0 Å². The van der Waals surface area contributed by atoms with E-state index in [1.54, 1.807) is 0 Å². The average molecular weight is 998 g/mol. The van der Waals surface area contributed by atoms with Crippen molar-refractivity contribution in [2.45, 2.75) is 127 Å². The van der Waals surface area contributed by atoms with Crippen LogP contribution in [0.5, 0.6) is 0 Å². The summed E-state index contributed by atoms with van der Waals surface area (Å²) in [4.78, 5) is 17.6. The molecular weight excluding hydrogens is 927 g/mol. The fourth-order valence-electron chi connectivity index (χ4n) is 9.46. The van der Waals surface area contributed by atoms with Crippen LogP contribution in [0.3, 0.4) is 0 Å². The fraction of sp³-hybridized carbons (Fsp3) is 0.520. The molecule has 0 aliphatic heterocycles. The van der Waals surface area contributed by atoms with Crippen LogP contribution < -0.4 is 10.4 Å². The van der Waals surface area contributed by atoms with Gasteiger partial charge in [0, 0.05) is 59.3 Å². The van der Waals surface area contributed by atoms with Gasteiger partial charge in [-0.2, -0.15) is 0 Å². The number of rotatable bonds is 12. The second-order valence-corrected chi connectivity index (χ2v) is 31.3. The minimum absolute atomic E-state index is 0. The van der Waals surface area contributed by atoms with Gasteiger partial charge >= 0.3 is 0 Å². The van der Waals surface area contributed by atoms with E-state index in [2.05, 4.69) is 155 Å². The van der Waals surface area contributed by atoms with E-state index in [0.29, 0.717) is 23.7 Å². The number of fused-ring (bicyclic) bond motifs is 4. The van der Waals surface area contributed by atoms with E-state index in [4.69, 9.17) is 4.98 Å². The Morgan fingerprint density at radius 2 is 1.39 bits per heavy atom. The van der Waals surface area contributed by atoms with Gasteiger partial charge in [0.25, 0.3) is 0 Å². The van der Waals surface area contributed by atoms with Crippen LogP contribution >= 0.6 is 11.3 Å². The Kier molecular flexibility index (Phi) is 16.0. The first-order chi connectivity index (χ1) is 26.2. The van der Waals surface area contributed by atoms with E-state index < -0.39 is 16.1 Å². The third-order valence-corrected chi connectivity index (χ3v) is 17.2. The molecule has 3 nitrogen and oxygen atoms in total. The number of pyridine rings is 1. The normalized spacial score (nSPS) is 14.6. The molecule has 1 fully saturated rings. The van der Waals surface area contributed by atoms with Crippen molar-refractivity contribution in [3.8, 4) is 11.3 Å².